The van der Waals surface area contributed by atoms with Crippen LogP contribution < -0.4 is 10.1 Å². The Labute approximate surface area is 125 Å². The molecule has 0 saturated carbocycles. The van der Waals surface area contributed by atoms with Crippen molar-refractivity contribution in [2.45, 2.75) is 0 Å². The average molecular weight is 297 g/mol. The van der Waals surface area contributed by atoms with Gasteiger partial charge in [0.25, 0.3) is 5.91 Å². The molecule has 0 aliphatic heterocycles. The molecular formula is C16H12FN3O2. The molecule has 0 fully saturated rings. The van der Waals surface area contributed by atoms with Crippen LogP contribution in [-0.2, 0) is 0 Å². The van der Waals surface area contributed by atoms with E-state index in [9.17, 15) is 9.18 Å². The van der Waals surface area contributed by atoms with Crippen LogP contribution in [0.15, 0.2) is 48.5 Å². The molecule has 110 valence electrons. The second-order valence-corrected chi connectivity index (χ2v) is 4.53. The van der Waals surface area contributed by atoms with Crippen molar-refractivity contribution in [1.82, 2.24) is 9.97 Å². The average Bonchev–Trinajstić information content (AvgIpc) is 2.53. The maximum absolute atomic E-state index is 13.2. The molecule has 0 unspecified atom stereocenters. The number of aromatic nitrogens is 2. The van der Waals surface area contributed by atoms with E-state index in [4.69, 9.17) is 4.74 Å². The minimum atomic E-state index is -0.513. The van der Waals surface area contributed by atoms with Crippen LogP contribution in [-0.4, -0.2) is 23.0 Å². The zero-order chi connectivity index (χ0) is 15.5. The summed E-state index contributed by atoms with van der Waals surface area (Å²) in [5.41, 5.74) is 1.59. The number of benzene rings is 2. The Bertz CT molecular complexity index is 852. The van der Waals surface area contributed by atoms with E-state index in [-0.39, 0.29) is 11.6 Å². The quantitative estimate of drug-likeness (QED) is 0.807. The van der Waals surface area contributed by atoms with E-state index in [2.05, 4.69) is 15.3 Å². The summed E-state index contributed by atoms with van der Waals surface area (Å²) in [6.07, 6.45) is 0. The van der Waals surface area contributed by atoms with Crippen LogP contribution in [0.5, 0.6) is 5.88 Å². The largest absolute Gasteiger partial charge is 0.479 e. The molecule has 5 nitrogen and oxygen atoms in total. The molecule has 0 radical (unpaired) electrons. The van der Waals surface area contributed by atoms with Gasteiger partial charge < -0.3 is 10.1 Å². The summed E-state index contributed by atoms with van der Waals surface area (Å²) in [7, 11) is 1.41. The minimum absolute atomic E-state index is 0.0467. The van der Waals surface area contributed by atoms with Crippen molar-refractivity contribution in [2.75, 3.05) is 12.4 Å². The highest BCUT2D eigenvalue weighted by atomic mass is 19.1. The fourth-order valence-electron chi connectivity index (χ4n) is 2.03. The number of amides is 1. The van der Waals surface area contributed by atoms with Crippen LogP contribution in [0.1, 0.15) is 10.5 Å². The zero-order valence-electron chi connectivity index (χ0n) is 11.7. The Morgan fingerprint density at radius 2 is 1.82 bits per heavy atom. The molecule has 0 aliphatic carbocycles. The Hall–Kier alpha value is -3.02. The maximum atomic E-state index is 13.2. The van der Waals surface area contributed by atoms with Crippen molar-refractivity contribution in [2.24, 2.45) is 0 Å². The van der Waals surface area contributed by atoms with Crippen molar-refractivity contribution in [3.63, 3.8) is 0 Å². The van der Waals surface area contributed by atoms with E-state index in [0.29, 0.717) is 16.7 Å². The lowest BCUT2D eigenvalue weighted by Gasteiger charge is -2.09. The monoisotopic (exact) mass is 297 g/mol. The highest BCUT2D eigenvalue weighted by Gasteiger charge is 2.17. The third-order valence-electron chi connectivity index (χ3n) is 3.03. The third-order valence-corrected chi connectivity index (χ3v) is 3.03. The number of carbonyl (C=O) groups is 1. The van der Waals surface area contributed by atoms with E-state index in [1.807, 2.05) is 6.07 Å². The standard InChI is InChI=1S/C16H12FN3O2/c1-22-16-14(19-12-7-2-3-8-13(12)20-16)15(21)18-11-6-4-5-10(17)9-11/h2-9H,1H3,(H,18,21). The SMILES string of the molecule is COc1nc2ccccc2nc1C(=O)Nc1cccc(F)c1. The first kappa shape index (κ1) is 13.9. The van der Waals surface area contributed by atoms with E-state index in [1.165, 1.54) is 25.3 Å². The smallest absolute Gasteiger partial charge is 0.279 e. The Kier molecular flexibility index (Phi) is 3.65. The van der Waals surface area contributed by atoms with Crippen LogP contribution >= 0.6 is 0 Å². The Morgan fingerprint density at radius 3 is 2.50 bits per heavy atom. The second kappa shape index (κ2) is 5.77. The molecule has 0 aliphatic rings. The van der Waals surface area contributed by atoms with Crippen LogP contribution in [0.25, 0.3) is 11.0 Å². The molecule has 1 heterocycles. The summed E-state index contributed by atoms with van der Waals surface area (Å²) in [6, 6.07) is 12.8. The summed E-state index contributed by atoms with van der Waals surface area (Å²) >= 11 is 0. The lowest BCUT2D eigenvalue weighted by Crippen LogP contribution is -2.16. The summed E-state index contributed by atoms with van der Waals surface area (Å²) in [5.74, 6) is -0.831. The normalized spacial score (nSPS) is 10.5. The van der Waals surface area contributed by atoms with Gasteiger partial charge in [0.15, 0.2) is 5.69 Å². The molecule has 1 aromatic heterocycles. The first-order chi connectivity index (χ1) is 10.7. The Balaban J connectivity index is 1.99. The molecule has 0 atom stereocenters. The van der Waals surface area contributed by atoms with Crippen molar-refractivity contribution in [3.05, 3.63) is 60.0 Å². The molecule has 2 aromatic carbocycles. The number of methoxy groups -OCH3 is 1. The van der Waals surface area contributed by atoms with Gasteiger partial charge in [-0.05, 0) is 30.3 Å². The summed E-state index contributed by atoms with van der Waals surface area (Å²) < 4.78 is 18.3. The van der Waals surface area contributed by atoms with E-state index < -0.39 is 11.7 Å². The van der Waals surface area contributed by atoms with Crippen LogP contribution in [0.2, 0.25) is 0 Å². The van der Waals surface area contributed by atoms with Crippen molar-refractivity contribution < 1.29 is 13.9 Å². The molecule has 0 saturated heterocycles. The van der Waals surface area contributed by atoms with Crippen LogP contribution in [0.4, 0.5) is 10.1 Å². The number of ether oxygens (including phenoxy) is 1. The van der Waals surface area contributed by atoms with Crippen molar-refractivity contribution in [3.8, 4) is 5.88 Å². The van der Waals surface area contributed by atoms with E-state index >= 15 is 0 Å². The number of nitrogens with one attached hydrogen (secondary N) is 1. The first-order valence-corrected chi connectivity index (χ1v) is 6.55. The maximum Gasteiger partial charge on any atom is 0.279 e. The second-order valence-electron chi connectivity index (χ2n) is 4.53. The predicted octanol–water partition coefficient (Wildman–Crippen LogP) is 3.03. The number of hydrogen-bond donors (Lipinski definition) is 1. The molecule has 6 heteroatoms. The number of para-hydroxylation sites is 2. The van der Waals surface area contributed by atoms with Crippen molar-refractivity contribution >= 4 is 22.6 Å². The number of rotatable bonds is 3. The molecule has 0 spiro atoms. The van der Waals surface area contributed by atoms with Gasteiger partial charge in [-0.15, -0.1) is 0 Å². The summed E-state index contributed by atoms with van der Waals surface area (Å²) in [4.78, 5) is 20.9. The molecule has 1 amide bonds. The lowest BCUT2D eigenvalue weighted by molar-refractivity contribution is 0.101. The number of nitrogens with zero attached hydrogens (tertiary/aromatic N) is 2. The number of carbonyl (C=O) groups excluding carboxylic acids is 1. The van der Waals surface area contributed by atoms with E-state index in [1.54, 1.807) is 24.3 Å². The highest BCUT2D eigenvalue weighted by Crippen LogP contribution is 2.20. The first-order valence-electron chi connectivity index (χ1n) is 6.55. The fraction of sp³-hybridized carbons (Fsp3) is 0.0625. The molecule has 3 aromatic rings. The molecule has 3 rings (SSSR count). The predicted molar refractivity (Wildman–Crippen MR) is 80.4 cm³/mol. The number of fused-ring (bicyclic) bond motifs is 1. The van der Waals surface area contributed by atoms with Gasteiger partial charge in [-0.3, -0.25) is 4.79 Å². The minimum Gasteiger partial charge on any atom is -0.479 e. The molecular weight excluding hydrogens is 285 g/mol. The van der Waals surface area contributed by atoms with Crippen LogP contribution in [0.3, 0.4) is 0 Å². The number of hydrogen-bond acceptors (Lipinski definition) is 4. The lowest BCUT2D eigenvalue weighted by atomic mass is 10.2. The number of halogens is 1. The van der Waals surface area contributed by atoms with Gasteiger partial charge in [0.05, 0.1) is 18.1 Å². The van der Waals surface area contributed by atoms with Gasteiger partial charge >= 0.3 is 0 Å². The summed E-state index contributed by atoms with van der Waals surface area (Å²) in [5, 5.41) is 2.58. The van der Waals surface area contributed by atoms with E-state index in [0.717, 1.165) is 0 Å². The van der Waals surface area contributed by atoms with Gasteiger partial charge in [0.1, 0.15) is 5.82 Å². The third kappa shape index (κ3) is 2.71. The molecule has 0 bridgehead atoms. The Morgan fingerprint density at radius 1 is 1.09 bits per heavy atom. The topological polar surface area (TPSA) is 64.1 Å². The fourth-order valence-corrected chi connectivity index (χ4v) is 2.03. The van der Waals surface area contributed by atoms with Gasteiger partial charge in [-0.25, -0.2) is 14.4 Å². The van der Waals surface area contributed by atoms with Gasteiger partial charge in [-0.1, -0.05) is 18.2 Å². The van der Waals surface area contributed by atoms with Crippen molar-refractivity contribution in [1.29, 1.82) is 0 Å². The summed E-state index contributed by atoms with van der Waals surface area (Å²) in [6.45, 7) is 0. The molecule has 22 heavy (non-hydrogen) atoms. The molecule has 1 N–H and O–H groups in total. The van der Waals surface area contributed by atoms with Gasteiger partial charge in [0.2, 0.25) is 5.88 Å². The van der Waals surface area contributed by atoms with Gasteiger partial charge in [-0.2, -0.15) is 0 Å². The van der Waals surface area contributed by atoms with Crippen LogP contribution in [0, 0.1) is 5.82 Å². The van der Waals surface area contributed by atoms with Gasteiger partial charge in [0, 0.05) is 5.69 Å². The zero-order valence-corrected chi connectivity index (χ0v) is 11.7. The highest BCUT2D eigenvalue weighted by molar-refractivity contribution is 6.05. The number of anilines is 1.